The number of fused-ring (bicyclic) bond motifs is 1. The molecule has 1 saturated carbocycles. The lowest BCUT2D eigenvalue weighted by Gasteiger charge is -2.27. The van der Waals surface area contributed by atoms with E-state index in [1.807, 2.05) is 19.1 Å². The number of sulfonamides is 1. The summed E-state index contributed by atoms with van der Waals surface area (Å²) in [6, 6.07) is 7.27. The molecule has 2 aliphatic rings. The summed E-state index contributed by atoms with van der Waals surface area (Å²) in [7, 11) is -2.61. The van der Waals surface area contributed by atoms with Gasteiger partial charge in [-0.3, -0.25) is 4.79 Å². The number of nitrogens with zero attached hydrogens (tertiary/aromatic N) is 1. The van der Waals surface area contributed by atoms with Gasteiger partial charge in [-0.1, -0.05) is 37.0 Å². The van der Waals surface area contributed by atoms with Gasteiger partial charge >= 0.3 is 5.97 Å². The zero-order valence-electron chi connectivity index (χ0n) is 18.3. The van der Waals surface area contributed by atoms with Crippen LogP contribution in [0.2, 0.25) is 0 Å². The van der Waals surface area contributed by atoms with E-state index in [0.29, 0.717) is 24.1 Å². The maximum absolute atomic E-state index is 13.2. The summed E-state index contributed by atoms with van der Waals surface area (Å²) in [6.45, 7) is 2.65. The number of rotatable bonds is 5. The van der Waals surface area contributed by atoms with Gasteiger partial charge in [0, 0.05) is 23.0 Å². The van der Waals surface area contributed by atoms with Crippen LogP contribution in [0.15, 0.2) is 28.5 Å². The van der Waals surface area contributed by atoms with Gasteiger partial charge in [0.2, 0.25) is 0 Å². The first-order chi connectivity index (χ1) is 15.3. The fourth-order valence-electron chi connectivity index (χ4n) is 4.42. The molecular weight excluding hydrogens is 448 g/mol. The van der Waals surface area contributed by atoms with Gasteiger partial charge in [0.05, 0.1) is 19.2 Å². The first-order valence-electron chi connectivity index (χ1n) is 10.9. The van der Waals surface area contributed by atoms with E-state index in [4.69, 9.17) is 4.74 Å². The number of hydrogen-bond acceptors (Lipinski definition) is 6. The number of thiophene rings is 1. The summed E-state index contributed by atoms with van der Waals surface area (Å²) in [6.07, 6.45) is 5.12. The van der Waals surface area contributed by atoms with Crippen molar-refractivity contribution in [1.82, 2.24) is 9.62 Å². The molecule has 1 aromatic carbocycles. The van der Waals surface area contributed by atoms with Crippen LogP contribution < -0.4 is 4.72 Å². The van der Waals surface area contributed by atoms with Gasteiger partial charge < -0.3 is 9.64 Å². The number of amides is 1. The third-order valence-corrected chi connectivity index (χ3v) is 9.43. The smallest absolute Gasteiger partial charge is 0.340 e. The number of nitrogens with one attached hydrogen (secondary N) is 1. The number of benzene rings is 1. The number of methoxy groups -OCH3 is 1. The average molecular weight is 477 g/mol. The molecule has 1 aliphatic carbocycles. The second-order valence-corrected chi connectivity index (χ2v) is 11.5. The predicted octanol–water partition coefficient (Wildman–Crippen LogP) is 3.65. The summed E-state index contributed by atoms with van der Waals surface area (Å²) in [4.78, 5) is 28.0. The van der Waals surface area contributed by atoms with Crippen LogP contribution in [0.3, 0.4) is 0 Å². The number of hydrogen-bond donors (Lipinski definition) is 1. The third-order valence-electron chi connectivity index (χ3n) is 6.17. The highest BCUT2D eigenvalue weighted by molar-refractivity contribution is 7.91. The normalized spacial score (nSPS) is 17.1. The monoisotopic (exact) mass is 476 g/mol. The molecule has 2 heterocycles. The maximum Gasteiger partial charge on any atom is 0.340 e. The van der Waals surface area contributed by atoms with Crippen molar-refractivity contribution in [2.75, 3.05) is 13.7 Å². The van der Waals surface area contributed by atoms with Gasteiger partial charge in [0.1, 0.15) is 4.21 Å². The SMILES string of the molecule is COC(=O)c1c(S(=O)(=O)NC2CCCCC2)sc2c1CCN(C(=O)c1ccc(C)cc1)C2. The lowest BCUT2D eigenvalue weighted by atomic mass is 9.96. The Kier molecular flexibility index (Phi) is 6.69. The Hall–Kier alpha value is -2.23. The van der Waals surface area contributed by atoms with Crippen LogP contribution in [0.25, 0.3) is 0 Å². The molecule has 4 rings (SSSR count). The van der Waals surface area contributed by atoms with E-state index in [1.165, 1.54) is 7.11 Å². The molecule has 2 aromatic rings. The number of carbonyl (C=O) groups excluding carboxylic acids is 2. The van der Waals surface area contributed by atoms with Crippen molar-refractivity contribution in [3.05, 3.63) is 51.4 Å². The molecule has 1 aliphatic heterocycles. The molecule has 0 unspecified atom stereocenters. The Bertz CT molecular complexity index is 1120. The van der Waals surface area contributed by atoms with E-state index < -0.39 is 16.0 Å². The first-order valence-corrected chi connectivity index (χ1v) is 13.2. The van der Waals surface area contributed by atoms with E-state index in [9.17, 15) is 18.0 Å². The summed E-state index contributed by atoms with van der Waals surface area (Å²) in [5.74, 6) is -0.752. The van der Waals surface area contributed by atoms with Crippen molar-refractivity contribution in [2.24, 2.45) is 0 Å². The average Bonchev–Trinajstić information content (AvgIpc) is 3.19. The molecule has 9 heteroatoms. The Morgan fingerprint density at radius 2 is 1.81 bits per heavy atom. The number of carbonyl (C=O) groups is 2. The highest BCUT2D eigenvalue weighted by atomic mass is 32.2. The van der Waals surface area contributed by atoms with Crippen molar-refractivity contribution < 1.29 is 22.7 Å². The van der Waals surface area contributed by atoms with E-state index in [0.717, 1.165) is 53.9 Å². The lowest BCUT2D eigenvalue weighted by molar-refractivity contribution is 0.0595. The van der Waals surface area contributed by atoms with E-state index in [-0.39, 0.29) is 28.3 Å². The number of esters is 1. The van der Waals surface area contributed by atoms with Crippen molar-refractivity contribution in [1.29, 1.82) is 0 Å². The van der Waals surface area contributed by atoms with Gasteiger partial charge in [-0.25, -0.2) is 17.9 Å². The molecule has 32 heavy (non-hydrogen) atoms. The van der Waals surface area contributed by atoms with E-state index >= 15 is 0 Å². The standard InChI is InChI=1S/C23H28N2O5S2/c1-15-8-10-16(11-9-15)21(26)25-13-12-18-19(14-25)31-23(20(18)22(27)30-2)32(28,29)24-17-6-4-3-5-7-17/h8-11,17,24H,3-7,12-14H2,1-2H3. The Morgan fingerprint density at radius 1 is 1.12 bits per heavy atom. The molecule has 0 saturated heterocycles. The van der Waals surface area contributed by atoms with E-state index in [2.05, 4.69) is 4.72 Å². The maximum atomic E-state index is 13.2. The molecule has 172 valence electrons. The zero-order chi connectivity index (χ0) is 22.9. The highest BCUT2D eigenvalue weighted by Gasteiger charge is 2.36. The molecule has 0 atom stereocenters. The van der Waals surface area contributed by atoms with Gasteiger partial charge in [0.25, 0.3) is 15.9 Å². The first kappa shape index (κ1) is 22.9. The third kappa shape index (κ3) is 4.60. The second kappa shape index (κ2) is 9.33. The molecule has 0 radical (unpaired) electrons. The number of aryl methyl sites for hydroxylation is 1. The molecule has 1 aromatic heterocycles. The summed E-state index contributed by atoms with van der Waals surface area (Å²) < 4.78 is 34.2. The fraction of sp³-hybridized carbons (Fsp3) is 0.478. The fourth-order valence-corrected chi connectivity index (χ4v) is 7.64. The molecule has 1 amide bonds. The molecular formula is C23H28N2O5S2. The Balaban J connectivity index is 1.64. The van der Waals surface area contributed by atoms with Crippen LogP contribution in [0.5, 0.6) is 0 Å². The topological polar surface area (TPSA) is 92.8 Å². The van der Waals surface area contributed by atoms with Crippen LogP contribution >= 0.6 is 11.3 Å². The van der Waals surface area contributed by atoms with Crippen LogP contribution in [-0.4, -0.2) is 44.9 Å². The largest absolute Gasteiger partial charge is 0.465 e. The van der Waals surface area contributed by atoms with Crippen molar-refractivity contribution >= 4 is 33.2 Å². The number of ether oxygens (including phenoxy) is 1. The summed E-state index contributed by atoms with van der Waals surface area (Å²) >= 11 is 1.07. The van der Waals surface area contributed by atoms with Crippen molar-refractivity contribution in [2.45, 2.75) is 62.2 Å². The molecule has 1 fully saturated rings. The van der Waals surface area contributed by atoms with Crippen molar-refractivity contribution in [3.63, 3.8) is 0 Å². The van der Waals surface area contributed by atoms with Crippen LogP contribution in [0.1, 0.15) is 68.8 Å². The lowest BCUT2D eigenvalue weighted by Crippen LogP contribution is -2.36. The summed E-state index contributed by atoms with van der Waals surface area (Å²) in [5.41, 5.74) is 2.47. The minimum atomic E-state index is -3.87. The second-order valence-electron chi connectivity index (χ2n) is 8.46. The van der Waals surface area contributed by atoms with Gasteiger partial charge in [-0.15, -0.1) is 11.3 Å². The van der Waals surface area contributed by atoms with Crippen LogP contribution in [0.4, 0.5) is 0 Å². The van der Waals surface area contributed by atoms with Gasteiger partial charge in [0.15, 0.2) is 0 Å². The molecule has 0 spiro atoms. The Labute approximate surface area is 192 Å². The Morgan fingerprint density at radius 3 is 2.47 bits per heavy atom. The van der Waals surface area contributed by atoms with E-state index in [1.54, 1.807) is 17.0 Å². The van der Waals surface area contributed by atoms with Gasteiger partial charge in [-0.05, 0) is 43.9 Å². The zero-order valence-corrected chi connectivity index (χ0v) is 20.0. The predicted molar refractivity (Wildman–Crippen MR) is 122 cm³/mol. The molecule has 0 bridgehead atoms. The minimum absolute atomic E-state index is 0.00422. The highest BCUT2D eigenvalue weighted by Crippen LogP contribution is 2.37. The summed E-state index contributed by atoms with van der Waals surface area (Å²) in [5, 5.41) is 0. The quantitative estimate of drug-likeness (QED) is 0.665. The molecule has 1 N–H and O–H groups in total. The molecule has 7 nitrogen and oxygen atoms in total. The minimum Gasteiger partial charge on any atom is -0.465 e. The van der Waals surface area contributed by atoms with Crippen molar-refractivity contribution in [3.8, 4) is 0 Å². The van der Waals surface area contributed by atoms with Crippen LogP contribution in [-0.2, 0) is 27.7 Å². The van der Waals surface area contributed by atoms with Crippen LogP contribution in [0, 0.1) is 6.92 Å². The van der Waals surface area contributed by atoms with Gasteiger partial charge in [-0.2, -0.15) is 0 Å².